The Morgan fingerprint density at radius 2 is 1.72 bits per heavy atom. The third-order valence-electron chi connectivity index (χ3n) is 3.45. The molecule has 0 amide bonds. The molecule has 0 aliphatic rings. The fourth-order valence-corrected chi connectivity index (χ4v) is 2.27. The second-order valence-corrected chi connectivity index (χ2v) is 7.74. The van der Waals surface area contributed by atoms with Gasteiger partial charge in [0.05, 0.1) is 6.42 Å². The first-order valence-electron chi connectivity index (χ1n) is 8.64. The molecule has 0 spiro atoms. The summed E-state index contributed by atoms with van der Waals surface area (Å²) in [6.07, 6.45) is 2.57. The number of unbranched alkanes of at least 4 members (excludes halogenated alkanes) is 1. The molecule has 1 atom stereocenters. The Kier molecular flexibility index (Phi) is 10.8. The van der Waals surface area contributed by atoms with Crippen molar-refractivity contribution in [3.8, 4) is 5.75 Å². The molecule has 0 saturated carbocycles. The van der Waals surface area contributed by atoms with Crippen molar-refractivity contribution in [2.24, 2.45) is 0 Å². The monoisotopic (exact) mass is 371 g/mol. The lowest BCUT2D eigenvalue weighted by molar-refractivity contribution is -0.135. The minimum atomic E-state index is -2.68. The highest BCUT2D eigenvalue weighted by molar-refractivity contribution is 7.32. The van der Waals surface area contributed by atoms with E-state index in [-0.39, 0.29) is 18.4 Å². The summed E-state index contributed by atoms with van der Waals surface area (Å²) >= 11 is 0. The molecule has 1 aromatic carbocycles. The van der Waals surface area contributed by atoms with E-state index >= 15 is 0 Å². The van der Waals surface area contributed by atoms with Gasteiger partial charge in [0.15, 0.2) is 0 Å². The number of rotatable bonds is 6. The minimum absolute atomic E-state index is 0.0709. The lowest BCUT2D eigenvalue weighted by Gasteiger charge is -2.24. The van der Waals surface area contributed by atoms with Gasteiger partial charge in [-0.05, 0) is 24.8 Å². The molecule has 0 bridgehead atoms. The van der Waals surface area contributed by atoms with Crippen molar-refractivity contribution in [3.63, 3.8) is 0 Å². The third kappa shape index (κ3) is 9.69. The number of ether oxygens (including phenoxy) is 1. The Bertz CT molecular complexity index is 574. The van der Waals surface area contributed by atoms with Crippen molar-refractivity contribution >= 4 is 14.2 Å². The topological polar surface area (TPSA) is 72.8 Å². The maximum absolute atomic E-state index is 11.8. The van der Waals surface area contributed by atoms with Gasteiger partial charge in [-0.3, -0.25) is 4.79 Å². The van der Waals surface area contributed by atoms with Crippen molar-refractivity contribution in [2.45, 2.75) is 73.1 Å². The lowest BCUT2D eigenvalue weighted by atomic mass is 9.84. The average Bonchev–Trinajstić information content (AvgIpc) is 2.48. The van der Waals surface area contributed by atoms with Gasteiger partial charge >= 0.3 is 14.2 Å². The predicted molar refractivity (Wildman–Crippen MR) is 101 cm³/mol. The normalized spacial score (nSPS) is 11.4. The van der Waals surface area contributed by atoms with Crippen molar-refractivity contribution in [1.29, 1.82) is 0 Å². The molecule has 6 heteroatoms. The molecule has 0 aromatic heterocycles. The zero-order valence-electron chi connectivity index (χ0n) is 16.5. The lowest BCUT2D eigenvalue weighted by Crippen LogP contribution is -2.18. The first-order valence-corrected chi connectivity index (χ1v) is 9.77. The molecule has 25 heavy (non-hydrogen) atoms. The fourth-order valence-electron chi connectivity index (χ4n) is 2.02. The molecule has 1 rings (SSSR count). The first-order chi connectivity index (χ1) is 11.5. The van der Waals surface area contributed by atoms with Crippen molar-refractivity contribution in [3.05, 3.63) is 28.8 Å². The van der Waals surface area contributed by atoms with Crippen LogP contribution in [-0.4, -0.2) is 17.5 Å². The van der Waals surface area contributed by atoms with E-state index in [2.05, 4.69) is 39.1 Å². The summed E-state index contributed by atoms with van der Waals surface area (Å²) < 4.78 is 20.3. The van der Waals surface area contributed by atoms with Crippen LogP contribution in [0.3, 0.4) is 0 Å². The summed E-state index contributed by atoms with van der Waals surface area (Å²) in [6.45, 7) is 14.3. The summed E-state index contributed by atoms with van der Waals surface area (Å²) in [5, 5.41) is 0. The number of hydrogen-bond donors (Lipinski definition) is 1. The second kappa shape index (κ2) is 11.3. The standard InChI is InChI=1S/C15H21O5P.C4H10/c1-10-8-11(2)14(12(9-10)15(3,4)5)20-13(16)6-7-19-21(17)18;1-3-4-2/h8-9H,6-7H2,1-5H3;3-4H2,1-2H3/p+1. The number of aryl methyl sites for hydroxylation is 2. The molecule has 0 aliphatic heterocycles. The maximum atomic E-state index is 11.8. The van der Waals surface area contributed by atoms with Gasteiger partial charge in [-0.15, -0.1) is 9.42 Å². The van der Waals surface area contributed by atoms with Crippen molar-refractivity contribution in [1.82, 2.24) is 0 Å². The van der Waals surface area contributed by atoms with Crippen LogP contribution in [0.1, 0.15) is 70.6 Å². The van der Waals surface area contributed by atoms with E-state index in [1.807, 2.05) is 26.0 Å². The number of benzene rings is 1. The highest BCUT2D eigenvalue weighted by Gasteiger charge is 2.23. The van der Waals surface area contributed by atoms with E-state index in [0.717, 1.165) is 16.7 Å². The van der Waals surface area contributed by atoms with Crippen LogP contribution in [-0.2, 0) is 19.3 Å². The number of esters is 1. The number of carbonyl (C=O) groups excluding carboxylic acids is 1. The molecule has 142 valence electrons. The predicted octanol–water partition coefficient (Wildman–Crippen LogP) is 5.37. The van der Waals surface area contributed by atoms with Gasteiger partial charge in [0.1, 0.15) is 12.4 Å². The molecular weight excluding hydrogens is 339 g/mol. The molecular formula is C19H32O5P+. The fraction of sp³-hybridized carbons (Fsp3) is 0.632. The minimum Gasteiger partial charge on any atom is -0.426 e. The van der Waals surface area contributed by atoms with E-state index in [1.54, 1.807) is 0 Å². The van der Waals surface area contributed by atoms with Gasteiger partial charge in [0, 0.05) is 10.1 Å². The summed E-state index contributed by atoms with van der Waals surface area (Å²) in [5.74, 6) is 0.0794. The highest BCUT2D eigenvalue weighted by Crippen LogP contribution is 2.35. The first kappa shape index (κ1) is 23.7. The van der Waals surface area contributed by atoms with Gasteiger partial charge < -0.3 is 4.74 Å². The third-order valence-corrected chi connectivity index (χ3v) is 3.85. The molecule has 0 saturated heterocycles. The van der Waals surface area contributed by atoms with E-state index in [1.165, 1.54) is 12.8 Å². The van der Waals surface area contributed by atoms with Crippen molar-refractivity contribution < 1.29 is 23.5 Å². The zero-order chi connectivity index (χ0) is 19.6. The molecule has 1 N–H and O–H groups in total. The Hall–Kier alpha value is -1.29. The molecule has 0 heterocycles. The Labute approximate surface area is 152 Å². The van der Waals surface area contributed by atoms with Crippen LogP contribution < -0.4 is 4.74 Å². The van der Waals surface area contributed by atoms with E-state index in [4.69, 9.17) is 9.63 Å². The largest absolute Gasteiger partial charge is 0.694 e. The highest BCUT2D eigenvalue weighted by atomic mass is 31.1. The van der Waals surface area contributed by atoms with Crippen LogP contribution in [0.4, 0.5) is 0 Å². The molecule has 1 aromatic rings. The van der Waals surface area contributed by atoms with Crippen LogP contribution in [0.5, 0.6) is 5.75 Å². The molecule has 1 unspecified atom stereocenters. The summed E-state index contributed by atoms with van der Waals surface area (Å²) in [4.78, 5) is 20.3. The second-order valence-electron chi connectivity index (χ2n) is 7.00. The maximum Gasteiger partial charge on any atom is 0.694 e. The van der Waals surface area contributed by atoms with Crippen LogP contribution in [0.2, 0.25) is 0 Å². The molecule has 5 nitrogen and oxygen atoms in total. The zero-order valence-corrected chi connectivity index (χ0v) is 17.4. The van der Waals surface area contributed by atoms with Crippen molar-refractivity contribution in [2.75, 3.05) is 6.61 Å². The number of hydrogen-bond acceptors (Lipinski definition) is 4. The van der Waals surface area contributed by atoms with Crippen LogP contribution in [0, 0.1) is 13.8 Å². The quantitative estimate of drug-likeness (QED) is 0.413. The Balaban J connectivity index is 0.00000129. The SMILES string of the molecule is CCCC.Cc1cc(C)c(OC(=O)CCO[P+](=O)O)c(C(C)(C)C)c1. The van der Waals surface area contributed by atoms with Gasteiger partial charge in [0.2, 0.25) is 0 Å². The van der Waals surface area contributed by atoms with E-state index in [0.29, 0.717) is 5.75 Å². The number of carbonyl (C=O) groups is 1. The van der Waals surface area contributed by atoms with E-state index in [9.17, 15) is 9.36 Å². The van der Waals surface area contributed by atoms with Crippen LogP contribution in [0.15, 0.2) is 12.1 Å². The Morgan fingerprint density at radius 1 is 1.16 bits per heavy atom. The van der Waals surface area contributed by atoms with Gasteiger partial charge in [-0.1, -0.05) is 65.2 Å². The van der Waals surface area contributed by atoms with Gasteiger partial charge in [0.25, 0.3) is 0 Å². The summed E-state index contributed by atoms with van der Waals surface area (Å²) in [6, 6.07) is 3.97. The smallest absolute Gasteiger partial charge is 0.426 e. The van der Waals surface area contributed by atoms with Gasteiger partial charge in [-0.25, -0.2) is 0 Å². The molecule has 0 aliphatic carbocycles. The molecule has 0 fully saturated rings. The van der Waals surface area contributed by atoms with Crippen LogP contribution in [0.25, 0.3) is 0 Å². The Morgan fingerprint density at radius 3 is 2.16 bits per heavy atom. The summed E-state index contributed by atoms with van der Waals surface area (Å²) in [5.41, 5.74) is 2.81. The summed E-state index contributed by atoms with van der Waals surface area (Å²) in [7, 11) is -2.68. The van der Waals surface area contributed by atoms with E-state index < -0.39 is 14.2 Å². The average molecular weight is 371 g/mol. The van der Waals surface area contributed by atoms with Crippen LogP contribution >= 0.6 is 8.25 Å². The van der Waals surface area contributed by atoms with Gasteiger partial charge in [-0.2, -0.15) is 0 Å². The molecule has 0 radical (unpaired) electrons.